The number of benzene rings is 1. The van der Waals surface area contributed by atoms with E-state index in [0.29, 0.717) is 5.56 Å². The molecule has 0 bridgehead atoms. The summed E-state index contributed by atoms with van der Waals surface area (Å²) in [7, 11) is 0. The minimum atomic E-state index is -0.387. The fourth-order valence-corrected chi connectivity index (χ4v) is 1.97. The largest absolute Gasteiger partial charge is 0.207 e. The molecule has 1 atom stereocenters. The van der Waals surface area contributed by atoms with E-state index in [4.69, 9.17) is 0 Å². The fourth-order valence-electron chi connectivity index (χ4n) is 1.29. The summed E-state index contributed by atoms with van der Waals surface area (Å²) < 4.78 is 26.1. The maximum Gasteiger partial charge on any atom is 0.127 e. The summed E-state index contributed by atoms with van der Waals surface area (Å²) in [6.07, 6.45) is 2.89. The van der Waals surface area contributed by atoms with Crippen LogP contribution in [0.4, 0.5) is 8.78 Å². The van der Waals surface area contributed by atoms with Crippen molar-refractivity contribution >= 4 is 15.9 Å². The Kier molecular flexibility index (Phi) is 4.52. The Morgan fingerprint density at radius 1 is 1.36 bits per heavy atom. The van der Waals surface area contributed by atoms with Gasteiger partial charge in [0.25, 0.3) is 0 Å². The third kappa shape index (κ3) is 3.05. The molecule has 0 aliphatic carbocycles. The Balaban J connectivity index is 2.77. The Bertz CT molecular complexity index is 299. The Labute approximate surface area is 91.5 Å². The predicted octanol–water partition coefficient (Wildman–Crippen LogP) is 4.59. The number of halogens is 3. The molecule has 1 aromatic rings. The van der Waals surface area contributed by atoms with Gasteiger partial charge in [0.05, 0.1) is 0 Å². The molecule has 0 fully saturated rings. The molecule has 0 aromatic heterocycles. The predicted molar refractivity (Wildman–Crippen MR) is 57.6 cm³/mol. The number of unbranched alkanes of at least 4 members (excludes halogenated alkanes) is 1. The van der Waals surface area contributed by atoms with Gasteiger partial charge in [-0.05, 0) is 24.6 Å². The van der Waals surface area contributed by atoms with Crippen molar-refractivity contribution in [1.82, 2.24) is 0 Å². The van der Waals surface area contributed by atoms with Crippen molar-refractivity contribution in [3.8, 4) is 0 Å². The van der Waals surface area contributed by atoms with E-state index in [9.17, 15) is 8.78 Å². The van der Waals surface area contributed by atoms with Gasteiger partial charge < -0.3 is 0 Å². The minimum Gasteiger partial charge on any atom is -0.207 e. The zero-order valence-electron chi connectivity index (χ0n) is 8.06. The molecule has 0 aliphatic rings. The van der Waals surface area contributed by atoms with Gasteiger partial charge in [-0.25, -0.2) is 8.78 Å². The molecule has 78 valence electrons. The normalized spacial score (nSPS) is 12.9. The maximum absolute atomic E-state index is 13.3. The third-order valence-electron chi connectivity index (χ3n) is 2.11. The molecule has 0 amide bonds. The molecular weight excluding hydrogens is 250 g/mol. The van der Waals surface area contributed by atoms with E-state index in [0.717, 1.165) is 25.3 Å². The highest BCUT2D eigenvalue weighted by Gasteiger charge is 2.12. The van der Waals surface area contributed by atoms with E-state index in [2.05, 4.69) is 22.9 Å². The highest BCUT2D eigenvalue weighted by molar-refractivity contribution is 9.09. The quantitative estimate of drug-likeness (QED) is 0.697. The van der Waals surface area contributed by atoms with Crippen molar-refractivity contribution in [2.24, 2.45) is 0 Å². The van der Waals surface area contributed by atoms with Crippen molar-refractivity contribution in [3.63, 3.8) is 0 Å². The molecule has 1 unspecified atom stereocenters. The van der Waals surface area contributed by atoms with Crippen LogP contribution in [0.25, 0.3) is 0 Å². The van der Waals surface area contributed by atoms with Gasteiger partial charge in [0.15, 0.2) is 0 Å². The first kappa shape index (κ1) is 11.6. The summed E-state index contributed by atoms with van der Waals surface area (Å²) in [6, 6.07) is 3.56. The first-order valence-corrected chi connectivity index (χ1v) is 5.65. The lowest BCUT2D eigenvalue weighted by atomic mass is 10.1. The molecule has 1 rings (SSSR count). The van der Waals surface area contributed by atoms with Crippen LogP contribution in [0.2, 0.25) is 0 Å². The fraction of sp³-hybridized carbons (Fsp3) is 0.455. The standard InChI is InChI=1S/C11H13BrF2/c1-2-3-4-10(12)9-7-8(13)5-6-11(9)14/h5-7,10H,2-4H2,1H3. The zero-order valence-corrected chi connectivity index (χ0v) is 9.65. The smallest absolute Gasteiger partial charge is 0.127 e. The highest BCUT2D eigenvalue weighted by atomic mass is 79.9. The van der Waals surface area contributed by atoms with Crippen molar-refractivity contribution in [3.05, 3.63) is 35.4 Å². The van der Waals surface area contributed by atoms with Gasteiger partial charge in [-0.1, -0.05) is 35.7 Å². The average molecular weight is 263 g/mol. The molecule has 0 radical (unpaired) electrons. The average Bonchev–Trinajstić information content (AvgIpc) is 2.18. The molecule has 0 N–H and O–H groups in total. The van der Waals surface area contributed by atoms with Gasteiger partial charge in [0.1, 0.15) is 11.6 Å². The molecule has 14 heavy (non-hydrogen) atoms. The monoisotopic (exact) mass is 262 g/mol. The van der Waals surface area contributed by atoms with E-state index in [1.807, 2.05) is 0 Å². The summed E-state index contributed by atoms with van der Waals surface area (Å²) in [5, 5.41) is 0. The minimum absolute atomic E-state index is 0.0850. The van der Waals surface area contributed by atoms with E-state index >= 15 is 0 Å². The molecule has 0 saturated heterocycles. The van der Waals surface area contributed by atoms with Crippen molar-refractivity contribution in [2.45, 2.75) is 31.0 Å². The van der Waals surface area contributed by atoms with Gasteiger partial charge in [0.2, 0.25) is 0 Å². The summed E-state index contributed by atoms with van der Waals surface area (Å²) >= 11 is 3.37. The number of rotatable bonds is 4. The Morgan fingerprint density at radius 3 is 2.71 bits per heavy atom. The van der Waals surface area contributed by atoms with Gasteiger partial charge in [-0.2, -0.15) is 0 Å². The third-order valence-corrected chi connectivity index (χ3v) is 3.06. The molecular formula is C11H13BrF2. The van der Waals surface area contributed by atoms with E-state index < -0.39 is 0 Å². The van der Waals surface area contributed by atoms with Crippen molar-refractivity contribution in [2.75, 3.05) is 0 Å². The van der Waals surface area contributed by atoms with Crippen LogP contribution in [-0.4, -0.2) is 0 Å². The Morgan fingerprint density at radius 2 is 2.07 bits per heavy atom. The summed E-state index contributed by atoms with van der Waals surface area (Å²) in [4.78, 5) is -0.0850. The number of hydrogen-bond donors (Lipinski definition) is 0. The van der Waals surface area contributed by atoms with Gasteiger partial charge in [0, 0.05) is 10.4 Å². The van der Waals surface area contributed by atoms with Crippen molar-refractivity contribution in [1.29, 1.82) is 0 Å². The molecule has 0 nitrogen and oxygen atoms in total. The zero-order chi connectivity index (χ0) is 10.6. The molecule has 0 heterocycles. The molecule has 0 spiro atoms. The lowest BCUT2D eigenvalue weighted by Crippen LogP contribution is -1.95. The number of alkyl halides is 1. The first-order valence-electron chi connectivity index (χ1n) is 4.74. The van der Waals surface area contributed by atoms with Crippen LogP contribution in [0, 0.1) is 11.6 Å². The summed E-state index contributed by atoms with van der Waals surface area (Å²) in [5.74, 6) is -0.730. The van der Waals surface area contributed by atoms with Crippen LogP contribution in [-0.2, 0) is 0 Å². The highest BCUT2D eigenvalue weighted by Crippen LogP contribution is 2.30. The second kappa shape index (κ2) is 5.44. The van der Waals surface area contributed by atoms with Crippen LogP contribution in [0.15, 0.2) is 18.2 Å². The van der Waals surface area contributed by atoms with Crippen LogP contribution >= 0.6 is 15.9 Å². The molecule has 1 aromatic carbocycles. The van der Waals surface area contributed by atoms with Crippen molar-refractivity contribution < 1.29 is 8.78 Å². The second-order valence-electron chi connectivity index (χ2n) is 3.28. The SMILES string of the molecule is CCCCC(Br)c1cc(F)ccc1F. The molecule has 3 heteroatoms. The number of hydrogen-bond acceptors (Lipinski definition) is 0. The molecule has 0 aliphatic heterocycles. The topological polar surface area (TPSA) is 0 Å². The molecule has 0 saturated carbocycles. The lowest BCUT2D eigenvalue weighted by molar-refractivity contribution is 0.576. The van der Waals surface area contributed by atoms with E-state index in [-0.39, 0.29) is 16.5 Å². The van der Waals surface area contributed by atoms with Gasteiger partial charge >= 0.3 is 0 Å². The summed E-state index contributed by atoms with van der Waals surface area (Å²) in [5.41, 5.74) is 0.415. The maximum atomic E-state index is 13.3. The summed E-state index contributed by atoms with van der Waals surface area (Å²) in [6.45, 7) is 2.07. The first-order chi connectivity index (χ1) is 6.65. The van der Waals surface area contributed by atoms with Crippen LogP contribution in [0.5, 0.6) is 0 Å². The van der Waals surface area contributed by atoms with Crippen LogP contribution in [0.1, 0.15) is 36.6 Å². The second-order valence-corrected chi connectivity index (χ2v) is 4.38. The van der Waals surface area contributed by atoms with Crippen LogP contribution < -0.4 is 0 Å². The van der Waals surface area contributed by atoms with Gasteiger partial charge in [-0.3, -0.25) is 0 Å². The van der Waals surface area contributed by atoms with Crippen LogP contribution in [0.3, 0.4) is 0 Å². The van der Waals surface area contributed by atoms with Gasteiger partial charge in [-0.15, -0.1) is 0 Å². The van der Waals surface area contributed by atoms with E-state index in [1.165, 1.54) is 12.1 Å². The lowest BCUT2D eigenvalue weighted by Gasteiger charge is -2.10. The van der Waals surface area contributed by atoms with E-state index in [1.54, 1.807) is 0 Å². The Hall–Kier alpha value is -0.440.